The van der Waals surface area contributed by atoms with Crippen LogP contribution in [0.15, 0.2) is 18.2 Å². The normalized spacial score (nSPS) is 21.3. The topological polar surface area (TPSA) is 101 Å². The summed E-state index contributed by atoms with van der Waals surface area (Å²) in [5.74, 6) is -2.06. The summed E-state index contributed by atoms with van der Waals surface area (Å²) >= 11 is 0. The van der Waals surface area contributed by atoms with E-state index < -0.39 is 28.8 Å². The van der Waals surface area contributed by atoms with E-state index in [4.69, 9.17) is 5.11 Å². The summed E-state index contributed by atoms with van der Waals surface area (Å²) in [6.45, 7) is 3.70. The molecular formula is C14H16N2O5. The minimum atomic E-state index is -0.948. The fourth-order valence-electron chi connectivity index (χ4n) is 2.69. The zero-order valence-electron chi connectivity index (χ0n) is 11.8. The van der Waals surface area contributed by atoms with E-state index in [9.17, 15) is 19.7 Å². The Morgan fingerprint density at radius 3 is 2.62 bits per heavy atom. The molecule has 1 aliphatic heterocycles. The third-order valence-corrected chi connectivity index (χ3v) is 3.91. The third-order valence-electron chi connectivity index (χ3n) is 3.91. The zero-order chi connectivity index (χ0) is 15.7. The highest BCUT2D eigenvalue weighted by Gasteiger charge is 2.39. The van der Waals surface area contributed by atoms with Gasteiger partial charge in [0.1, 0.15) is 5.56 Å². The molecule has 0 radical (unpaired) electrons. The lowest BCUT2D eigenvalue weighted by Crippen LogP contribution is -2.37. The molecule has 2 atom stereocenters. The number of aryl methyl sites for hydroxylation is 1. The number of carbonyl (C=O) groups is 2. The van der Waals surface area contributed by atoms with Crippen molar-refractivity contribution in [1.82, 2.24) is 4.90 Å². The van der Waals surface area contributed by atoms with E-state index in [1.165, 1.54) is 17.0 Å². The number of carboxylic acid groups (broad SMARTS) is 1. The van der Waals surface area contributed by atoms with Crippen LogP contribution in [0.5, 0.6) is 0 Å². The summed E-state index contributed by atoms with van der Waals surface area (Å²) in [5, 5.41) is 20.1. The molecule has 2 unspecified atom stereocenters. The smallest absolute Gasteiger partial charge is 0.308 e. The van der Waals surface area contributed by atoms with Crippen molar-refractivity contribution in [2.75, 3.05) is 6.54 Å². The monoisotopic (exact) mass is 292 g/mol. The summed E-state index contributed by atoms with van der Waals surface area (Å²) in [7, 11) is 0. The number of aliphatic carboxylic acids is 1. The first-order valence-corrected chi connectivity index (χ1v) is 6.61. The van der Waals surface area contributed by atoms with Crippen LogP contribution in [0.2, 0.25) is 0 Å². The molecule has 1 aliphatic rings. The van der Waals surface area contributed by atoms with Crippen LogP contribution in [0.1, 0.15) is 29.3 Å². The molecule has 1 aromatic rings. The van der Waals surface area contributed by atoms with E-state index in [-0.39, 0.29) is 11.3 Å². The van der Waals surface area contributed by atoms with Gasteiger partial charge in [-0.25, -0.2) is 0 Å². The molecule has 0 aliphatic carbocycles. The standard InChI is InChI=1S/C14H16N2O5/c1-8-3-4-12(16(20)21)11(7-8)13(17)15-6-5-10(9(15)2)14(18)19/h3-4,7,9-10H,5-6H2,1-2H3,(H,18,19). The van der Waals surface area contributed by atoms with Crippen LogP contribution in [0.25, 0.3) is 0 Å². The Hall–Kier alpha value is -2.44. The highest BCUT2D eigenvalue weighted by molar-refractivity contribution is 5.99. The van der Waals surface area contributed by atoms with E-state index in [0.29, 0.717) is 13.0 Å². The number of nitrogens with zero attached hydrogens (tertiary/aromatic N) is 2. The van der Waals surface area contributed by atoms with E-state index in [1.54, 1.807) is 19.9 Å². The van der Waals surface area contributed by atoms with E-state index in [1.807, 2.05) is 0 Å². The minimum Gasteiger partial charge on any atom is -0.481 e. The van der Waals surface area contributed by atoms with Gasteiger partial charge in [-0.1, -0.05) is 6.07 Å². The van der Waals surface area contributed by atoms with Gasteiger partial charge in [-0.05, 0) is 31.9 Å². The molecule has 7 nitrogen and oxygen atoms in total. The van der Waals surface area contributed by atoms with Gasteiger partial charge in [0.25, 0.3) is 11.6 Å². The molecule has 0 bridgehead atoms. The first-order chi connectivity index (χ1) is 9.82. The van der Waals surface area contributed by atoms with Crippen molar-refractivity contribution in [2.24, 2.45) is 5.92 Å². The summed E-state index contributed by atoms with van der Waals surface area (Å²) < 4.78 is 0. The maximum atomic E-state index is 12.5. The van der Waals surface area contributed by atoms with Gasteiger partial charge in [0.2, 0.25) is 0 Å². The summed E-state index contributed by atoms with van der Waals surface area (Å²) in [6.07, 6.45) is 0.363. The van der Waals surface area contributed by atoms with Gasteiger partial charge in [0.15, 0.2) is 0 Å². The molecule has 1 N–H and O–H groups in total. The van der Waals surface area contributed by atoms with Crippen molar-refractivity contribution in [3.8, 4) is 0 Å². The number of benzene rings is 1. The average molecular weight is 292 g/mol. The van der Waals surface area contributed by atoms with Crippen LogP contribution in [-0.2, 0) is 4.79 Å². The van der Waals surface area contributed by atoms with Gasteiger partial charge < -0.3 is 10.0 Å². The summed E-state index contributed by atoms with van der Waals surface area (Å²) in [6, 6.07) is 3.87. The van der Waals surface area contributed by atoms with Gasteiger partial charge in [-0.2, -0.15) is 0 Å². The number of nitro benzene ring substituents is 1. The molecule has 7 heteroatoms. The number of amides is 1. The van der Waals surface area contributed by atoms with Crippen molar-refractivity contribution < 1.29 is 19.6 Å². The second-order valence-electron chi connectivity index (χ2n) is 5.25. The van der Waals surface area contributed by atoms with E-state index in [2.05, 4.69) is 0 Å². The van der Waals surface area contributed by atoms with E-state index in [0.717, 1.165) is 5.56 Å². The molecule has 1 heterocycles. The van der Waals surface area contributed by atoms with Gasteiger partial charge in [0.05, 0.1) is 10.8 Å². The predicted octanol–water partition coefficient (Wildman–Crippen LogP) is 1.84. The highest BCUT2D eigenvalue weighted by atomic mass is 16.6. The lowest BCUT2D eigenvalue weighted by molar-refractivity contribution is -0.385. The van der Waals surface area contributed by atoms with E-state index >= 15 is 0 Å². The first kappa shape index (κ1) is 15.0. The molecular weight excluding hydrogens is 276 g/mol. The number of rotatable bonds is 3. The Morgan fingerprint density at radius 2 is 2.10 bits per heavy atom. The molecule has 1 amide bonds. The van der Waals surface area contributed by atoms with Crippen LogP contribution >= 0.6 is 0 Å². The molecule has 21 heavy (non-hydrogen) atoms. The van der Waals surface area contributed by atoms with Gasteiger partial charge >= 0.3 is 5.97 Å². The second kappa shape index (κ2) is 5.51. The molecule has 0 aromatic heterocycles. The first-order valence-electron chi connectivity index (χ1n) is 6.61. The van der Waals surface area contributed by atoms with Crippen LogP contribution in [0, 0.1) is 23.0 Å². The lowest BCUT2D eigenvalue weighted by atomic mass is 10.0. The molecule has 1 saturated heterocycles. The fraction of sp³-hybridized carbons (Fsp3) is 0.429. The number of hydrogen-bond acceptors (Lipinski definition) is 4. The predicted molar refractivity (Wildman–Crippen MR) is 74.1 cm³/mol. The second-order valence-corrected chi connectivity index (χ2v) is 5.25. The maximum absolute atomic E-state index is 12.5. The van der Waals surface area contributed by atoms with Crippen molar-refractivity contribution >= 4 is 17.6 Å². The zero-order valence-corrected chi connectivity index (χ0v) is 11.8. The molecule has 1 aromatic carbocycles. The SMILES string of the molecule is Cc1ccc([N+](=O)[O-])c(C(=O)N2CCC(C(=O)O)C2C)c1. The molecule has 112 valence electrons. The number of nitro groups is 1. The minimum absolute atomic E-state index is 0.0119. The number of hydrogen-bond donors (Lipinski definition) is 1. The Balaban J connectivity index is 2.35. The molecule has 0 saturated carbocycles. The number of likely N-dealkylation sites (tertiary alicyclic amines) is 1. The third kappa shape index (κ3) is 2.72. The highest BCUT2D eigenvalue weighted by Crippen LogP contribution is 2.29. The van der Waals surface area contributed by atoms with Crippen LogP contribution in [0.3, 0.4) is 0 Å². The van der Waals surface area contributed by atoms with Crippen molar-refractivity contribution in [3.63, 3.8) is 0 Å². The van der Waals surface area contributed by atoms with Gasteiger partial charge in [-0.3, -0.25) is 19.7 Å². The fourth-order valence-corrected chi connectivity index (χ4v) is 2.69. The summed E-state index contributed by atoms with van der Waals surface area (Å²) in [5.41, 5.74) is 0.500. The van der Waals surface area contributed by atoms with Crippen LogP contribution in [-0.4, -0.2) is 39.4 Å². The molecule has 1 fully saturated rings. The van der Waals surface area contributed by atoms with Crippen molar-refractivity contribution in [1.29, 1.82) is 0 Å². The Bertz CT molecular complexity index is 613. The van der Waals surface area contributed by atoms with Gasteiger partial charge in [-0.15, -0.1) is 0 Å². The van der Waals surface area contributed by atoms with Crippen LogP contribution < -0.4 is 0 Å². The largest absolute Gasteiger partial charge is 0.481 e. The Kier molecular flexibility index (Phi) is 3.93. The maximum Gasteiger partial charge on any atom is 0.308 e. The average Bonchev–Trinajstić information content (AvgIpc) is 2.79. The van der Waals surface area contributed by atoms with Crippen molar-refractivity contribution in [3.05, 3.63) is 39.4 Å². The number of carbonyl (C=O) groups excluding carboxylic acids is 1. The quantitative estimate of drug-likeness (QED) is 0.676. The van der Waals surface area contributed by atoms with Crippen molar-refractivity contribution in [2.45, 2.75) is 26.3 Å². The Morgan fingerprint density at radius 1 is 1.43 bits per heavy atom. The summed E-state index contributed by atoms with van der Waals surface area (Å²) in [4.78, 5) is 35.5. The Labute approximate surface area is 121 Å². The van der Waals surface area contributed by atoms with Crippen LogP contribution in [0.4, 0.5) is 5.69 Å². The lowest BCUT2D eigenvalue weighted by Gasteiger charge is -2.23. The number of carboxylic acids is 1. The van der Waals surface area contributed by atoms with Gasteiger partial charge in [0, 0.05) is 18.7 Å². The molecule has 2 rings (SSSR count). The molecule has 0 spiro atoms.